The fourth-order valence-electron chi connectivity index (χ4n) is 4.12. The van der Waals surface area contributed by atoms with Gasteiger partial charge in [0.1, 0.15) is 5.75 Å². The molecular weight excluding hydrogens is 222 g/mol. The van der Waals surface area contributed by atoms with Gasteiger partial charge in [-0.25, -0.2) is 0 Å². The Balaban J connectivity index is 1.99. The number of fused-ring (bicyclic) bond motifs is 1. The quantitative estimate of drug-likeness (QED) is 0.864. The summed E-state index contributed by atoms with van der Waals surface area (Å²) in [5.41, 5.74) is 3.64. The van der Waals surface area contributed by atoms with Crippen molar-refractivity contribution in [2.75, 3.05) is 20.2 Å². The van der Waals surface area contributed by atoms with E-state index in [9.17, 15) is 0 Å². The van der Waals surface area contributed by atoms with Crippen LogP contribution in [-0.2, 0) is 6.42 Å². The Kier molecular flexibility index (Phi) is 3.06. The summed E-state index contributed by atoms with van der Waals surface area (Å²) in [6.07, 6.45) is 5.16. The van der Waals surface area contributed by atoms with Crippen LogP contribution in [0.3, 0.4) is 0 Å². The molecule has 1 fully saturated rings. The van der Waals surface area contributed by atoms with Crippen LogP contribution in [0.15, 0.2) is 18.2 Å². The highest BCUT2D eigenvalue weighted by atomic mass is 16.5. The van der Waals surface area contributed by atoms with Crippen LogP contribution >= 0.6 is 0 Å². The van der Waals surface area contributed by atoms with Gasteiger partial charge in [0.2, 0.25) is 0 Å². The molecule has 0 radical (unpaired) electrons. The zero-order chi connectivity index (χ0) is 12.6. The first kappa shape index (κ1) is 12.0. The molecule has 18 heavy (non-hydrogen) atoms. The maximum absolute atomic E-state index is 5.40. The Morgan fingerprint density at radius 2 is 2.11 bits per heavy atom. The largest absolute Gasteiger partial charge is 0.497 e. The highest BCUT2D eigenvalue weighted by Gasteiger charge is 2.45. The Morgan fingerprint density at radius 3 is 2.78 bits per heavy atom. The molecule has 2 nitrogen and oxygen atoms in total. The normalized spacial score (nSPS) is 25.1. The summed E-state index contributed by atoms with van der Waals surface area (Å²) in [4.78, 5) is 0. The summed E-state index contributed by atoms with van der Waals surface area (Å²) in [5.74, 6) is 1.74. The second-order valence-electron chi connectivity index (χ2n) is 5.81. The Labute approximate surface area is 110 Å². The highest BCUT2D eigenvalue weighted by Crippen LogP contribution is 2.54. The van der Waals surface area contributed by atoms with Crippen LogP contribution in [-0.4, -0.2) is 20.2 Å². The molecule has 1 atom stereocenters. The minimum Gasteiger partial charge on any atom is -0.497 e. The van der Waals surface area contributed by atoms with Crippen molar-refractivity contribution in [1.82, 2.24) is 5.32 Å². The summed E-state index contributed by atoms with van der Waals surface area (Å²) < 4.78 is 5.40. The maximum atomic E-state index is 5.40. The first-order valence-electron chi connectivity index (χ1n) is 7.16. The first-order valence-corrected chi connectivity index (χ1v) is 7.16. The molecule has 1 saturated heterocycles. The van der Waals surface area contributed by atoms with Crippen LogP contribution in [0.5, 0.6) is 5.75 Å². The van der Waals surface area contributed by atoms with Crippen molar-refractivity contribution >= 4 is 0 Å². The Morgan fingerprint density at radius 1 is 1.33 bits per heavy atom. The van der Waals surface area contributed by atoms with Crippen molar-refractivity contribution in [2.45, 2.75) is 38.5 Å². The van der Waals surface area contributed by atoms with E-state index in [0.29, 0.717) is 5.41 Å². The van der Waals surface area contributed by atoms with Gasteiger partial charge in [0.25, 0.3) is 0 Å². The summed E-state index contributed by atoms with van der Waals surface area (Å²) in [5, 5.41) is 3.51. The molecule has 3 rings (SSSR count). The lowest BCUT2D eigenvalue weighted by Crippen LogP contribution is -2.39. The topological polar surface area (TPSA) is 21.3 Å². The van der Waals surface area contributed by atoms with Crippen molar-refractivity contribution in [3.8, 4) is 5.75 Å². The van der Waals surface area contributed by atoms with Gasteiger partial charge in [0.05, 0.1) is 7.11 Å². The molecule has 1 aromatic carbocycles. The molecular formula is C16H23NO. The molecule has 1 heterocycles. The van der Waals surface area contributed by atoms with E-state index in [4.69, 9.17) is 4.74 Å². The second-order valence-corrected chi connectivity index (χ2v) is 5.81. The molecule has 1 N–H and O–H groups in total. The third-order valence-corrected chi connectivity index (χ3v) is 5.02. The molecule has 2 heteroatoms. The van der Waals surface area contributed by atoms with Crippen LogP contribution in [0, 0.1) is 5.41 Å². The number of nitrogens with one attached hydrogen (secondary N) is 1. The number of methoxy groups -OCH3 is 1. The number of ether oxygens (including phenoxy) is 1. The highest BCUT2D eigenvalue weighted by molar-refractivity contribution is 5.44. The SMILES string of the molecule is CCC1c2cc(OC)ccc2CC12CCNCC2. The first-order chi connectivity index (χ1) is 8.79. The fraction of sp³-hybridized carbons (Fsp3) is 0.625. The average Bonchev–Trinajstić information content (AvgIpc) is 2.71. The van der Waals surface area contributed by atoms with Gasteiger partial charge >= 0.3 is 0 Å². The lowest BCUT2D eigenvalue weighted by molar-refractivity contribution is 0.168. The van der Waals surface area contributed by atoms with Gasteiger partial charge in [-0.2, -0.15) is 0 Å². The van der Waals surface area contributed by atoms with Gasteiger partial charge in [-0.3, -0.25) is 0 Å². The van der Waals surface area contributed by atoms with Gasteiger partial charge in [-0.15, -0.1) is 0 Å². The maximum Gasteiger partial charge on any atom is 0.119 e. The van der Waals surface area contributed by atoms with Crippen molar-refractivity contribution in [3.63, 3.8) is 0 Å². The number of benzene rings is 1. The zero-order valence-electron chi connectivity index (χ0n) is 11.5. The van der Waals surface area contributed by atoms with E-state index in [1.165, 1.54) is 38.8 Å². The molecule has 1 aliphatic carbocycles. The van der Waals surface area contributed by atoms with Gasteiger partial charge in [0.15, 0.2) is 0 Å². The van der Waals surface area contributed by atoms with E-state index < -0.39 is 0 Å². The van der Waals surface area contributed by atoms with Gasteiger partial charge < -0.3 is 10.1 Å². The molecule has 1 aliphatic heterocycles. The molecule has 0 aromatic heterocycles. The van der Waals surface area contributed by atoms with Gasteiger partial charge in [-0.05, 0) is 73.4 Å². The van der Waals surface area contributed by atoms with E-state index in [1.807, 2.05) is 0 Å². The summed E-state index contributed by atoms with van der Waals surface area (Å²) in [6, 6.07) is 6.68. The van der Waals surface area contributed by atoms with Gasteiger partial charge in [0, 0.05) is 0 Å². The summed E-state index contributed by atoms with van der Waals surface area (Å²) >= 11 is 0. The monoisotopic (exact) mass is 245 g/mol. The van der Waals surface area contributed by atoms with Crippen molar-refractivity contribution in [2.24, 2.45) is 5.41 Å². The molecule has 1 aromatic rings. The van der Waals surface area contributed by atoms with E-state index >= 15 is 0 Å². The smallest absolute Gasteiger partial charge is 0.119 e. The number of hydrogen-bond donors (Lipinski definition) is 1. The lowest BCUT2D eigenvalue weighted by Gasteiger charge is -2.39. The van der Waals surface area contributed by atoms with E-state index in [0.717, 1.165) is 11.7 Å². The second kappa shape index (κ2) is 4.58. The molecule has 1 spiro atoms. The van der Waals surface area contributed by atoms with Gasteiger partial charge in [-0.1, -0.05) is 13.0 Å². The number of rotatable bonds is 2. The Hall–Kier alpha value is -1.02. The van der Waals surface area contributed by atoms with Crippen molar-refractivity contribution in [3.05, 3.63) is 29.3 Å². The molecule has 1 unspecified atom stereocenters. The van der Waals surface area contributed by atoms with E-state index in [2.05, 4.69) is 30.4 Å². The molecule has 0 bridgehead atoms. The minimum atomic E-state index is 0.523. The number of piperidine rings is 1. The predicted octanol–water partition coefficient (Wildman–Crippen LogP) is 3.11. The summed E-state index contributed by atoms with van der Waals surface area (Å²) in [7, 11) is 1.76. The van der Waals surface area contributed by atoms with Crippen LogP contribution in [0.1, 0.15) is 43.2 Å². The standard InChI is InChI=1S/C16H23NO/c1-3-15-14-10-13(18-2)5-4-12(14)11-16(15)6-8-17-9-7-16/h4-5,10,15,17H,3,6-9,11H2,1-2H3. The van der Waals surface area contributed by atoms with E-state index in [1.54, 1.807) is 18.2 Å². The van der Waals surface area contributed by atoms with Crippen molar-refractivity contribution in [1.29, 1.82) is 0 Å². The van der Waals surface area contributed by atoms with Crippen molar-refractivity contribution < 1.29 is 4.74 Å². The third-order valence-electron chi connectivity index (χ3n) is 5.02. The fourth-order valence-corrected chi connectivity index (χ4v) is 4.12. The number of hydrogen-bond acceptors (Lipinski definition) is 2. The molecule has 98 valence electrons. The predicted molar refractivity (Wildman–Crippen MR) is 74.3 cm³/mol. The van der Waals surface area contributed by atoms with E-state index in [-0.39, 0.29) is 0 Å². The molecule has 2 aliphatic rings. The average molecular weight is 245 g/mol. The zero-order valence-corrected chi connectivity index (χ0v) is 11.5. The molecule has 0 saturated carbocycles. The minimum absolute atomic E-state index is 0.523. The van der Waals surface area contributed by atoms with Crippen LogP contribution in [0.4, 0.5) is 0 Å². The van der Waals surface area contributed by atoms with Crippen LogP contribution < -0.4 is 10.1 Å². The summed E-state index contributed by atoms with van der Waals surface area (Å²) in [6.45, 7) is 4.70. The van der Waals surface area contributed by atoms with Crippen LogP contribution in [0.25, 0.3) is 0 Å². The van der Waals surface area contributed by atoms with Crippen LogP contribution in [0.2, 0.25) is 0 Å². The third kappa shape index (κ3) is 1.74. The molecule has 0 amide bonds. The Bertz CT molecular complexity index is 435. The lowest BCUT2D eigenvalue weighted by atomic mass is 9.69.